The van der Waals surface area contributed by atoms with Gasteiger partial charge in [-0.1, -0.05) is 13.8 Å². The molecule has 96 valence electrons. The lowest BCUT2D eigenvalue weighted by Crippen LogP contribution is -2.29. The summed E-state index contributed by atoms with van der Waals surface area (Å²) >= 11 is 1.81. The van der Waals surface area contributed by atoms with Crippen molar-refractivity contribution < 1.29 is 4.39 Å². The van der Waals surface area contributed by atoms with Crippen LogP contribution in [0.1, 0.15) is 33.6 Å². The van der Waals surface area contributed by atoms with Gasteiger partial charge in [0.05, 0.1) is 0 Å². The van der Waals surface area contributed by atoms with Gasteiger partial charge in [0.15, 0.2) is 0 Å². The molecule has 1 nitrogen and oxygen atoms in total. The summed E-state index contributed by atoms with van der Waals surface area (Å²) in [4.78, 5) is 1.14. The van der Waals surface area contributed by atoms with Crippen molar-refractivity contribution in [2.24, 2.45) is 0 Å². The van der Waals surface area contributed by atoms with E-state index in [1.807, 2.05) is 23.9 Å². The molecule has 0 spiro atoms. The standard InChI is InChI=1S/C14H22FNS/c1-4-9-16-11(2)10-12(3)17-14-7-5-13(15)6-8-14/h5-8,11-12,16H,4,9-10H2,1-3H3. The van der Waals surface area contributed by atoms with Crippen LogP contribution >= 0.6 is 11.8 Å². The van der Waals surface area contributed by atoms with Gasteiger partial charge in [-0.05, 0) is 50.6 Å². The number of hydrogen-bond acceptors (Lipinski definition) is 2. The zero-order chi connectivity index (χ0) is 12.7. The van der Waals surface area contributed by atoms with Gasteiger partial charge in [0.25, 0.3) is 0 Å². The van der Waals surface area contributed by atoms with Gasteiger partial charge in [-0.2, -0.15) is 0 Å². The molecule has 1 rings (SSSR count). The maximum atomic E-state index is 12.8. The van der Waals surface area contributed by atoms with Crippen molar-refractivity contribution in [1.29, 1.82) is 0 Å². The van der Waals surface area contributed by atoms with Gasteiger partial charge in [0.2, 0.25) is 0 Å². The molecule has 0 aliphatic carbocycles. The minimum absolute atomic E-state index is 0.167. The zero-order valence-electron chi connectivity index (χ0n) is 10.9. The van der Waals surface area contributed by atoms with Gasteiger partial charge < -0.3 is 5.32 Å². The third-order valence-corrected chi connectivity index (χ3v) is 3.72. The average molecular weight is 255 g/mol. The number of hydrogen-bond donors (Lipinski definition) is 1. The van der Waals surface area contributed by atoms with Crippen LogP contribution in [0, 0.1) is 5.82 Å². The molecule has 17 heavy (non-hydrogen) atoms. The molecular formula is C14H22FNS. The largest absolute Gasteiger partial charge is 0.314 e. The summed E-state index contributed by atoms with van der Waals surface area (Å²) in [6.45, 7) is 7.70. The molecule has 0 saturated carbocycles. The van der Waals surface area contributed by atoms with E-state index in [4.69, 9.17) is 0 Å². The first-order valence-electron chi connectivity index (χ1n) is 6.27. The van der Waals surface area contributed by atoms with Gasteiger partial charge in [-0.3, -0.25) is 0 Å². The SMILES string of the molecule is CCCNC(C)CC(C)Sc1ccc(F)cc1. The van der Waals surface area contributed by atoms with E-state index in [9.17, 15) is 4.39 Å². The van der Waals surface area contributed by atoms with Crippen LogP contribution in [0.5, 0.6) is 0 Å². The van der Waals surface area contributed by atoms with Crippen molar-refractivity contribution in [2.75, 3.05) is 6.54 Å². The normalized spacial score (nSPS) is 14.6. The van der Waals surface area contributed by atoms with E-state index in [0.717, 1.165) is 17.9 Å². The topological polar surface area (TPSA) is 12.0 Å². The molecule has 0 amide bonds. The van der Waals surface area contributed by atoms with Crippen LogP contribution in [-0.2, 0) is 0 Å². The first kappa shape index (κ1) is 14.5. The molecule has 0 aliphatic heterocycles. The number of nitrogens with one attached hydrogen (secondary N) is 1. The predicted molar refractivity (Wildman–Crippen MR) is 74.1 cm³/mol. The van der Waals surface area contributed by atoms with Gasteiger partial charge in [-0.15, -0.1) is 11.8 Å². The molecule has 2 atom stereocenters. The summed E-state index contributed by atoms with van der Waals surface area (Å²) in [5.74, 6) is -0.167. The molecule has 0 fully saturated rings. The van der Waals surface area contributed by atoms with E-state index in [-0.39, 0.29) is 5.82 Å². The molecule has 1 N–H and O–H groups in total. The summed E-state index contributed by atoms with van der Waals surface area (Å²) < 4.78 is 12.8. The molecule has 0 aromatic heterocycles. The van der Waals surface area contributed by atoms with Gasteiger partial charge in [0.1, 0.15) is 5.82 Å². The second-order valence-corrected chi connectivity index (χ2v) is 5.99. The molecule has 1 aromatic carbocycles. The van der Waals surface area contributed by atoms with E-state index < -0.39 is 0 Å². The fourth-order valence-corrected chi connectivity index (χ4v) is 2.91. The Hall–Kier alpha value is -0.540. The second kappa shape index (κ2) is 7.72. The van der Waals surface area contributed by atoms with Crippen molar-refractivity contribution in [3.63, 3.8) is 0 Å². The third-order valence-electron chi connectivity index (χ3n) is 2.58. The Kier molecular flexibility index (Phi) is 6.60. The molecule has 0 saturated heterocycles. The molecular weight excluding hydrogens is 233 g/mol. The van der Waals surface area contributed by atoms with Gasteiger partial charge in [-0.25, -0.2) is 4.39 Å². The van der Waals surface area contributed by atoms with Crippen molar-refractivity contribution in [3.8, 4) is 0 Å². The quantitative estimate of drug-likeness (QED) is 0.737. The van der Waals surface area contributed by atoms with Gasteiger partial charge in [0, 0.05) is 16.2 Å². The van der Waals surface area contributed by atoms with E-state index in [2.05, 4.69) is 26.1 Å². The number of halogens is 1. The van der Waals surface area contributed by atoms with Crippen molar-refractivity contribution in [1.82, 2.24) is 5.32 Å². The van der Waals surface area contributed by atoms with Crippen LogP contribution in [0.2, 0.25) is 0 Å². The summed E-state index contributed by atoms with van der Waals surface area (Å²) in [6.07, 6.45) is 2.30. The Morgan fingerprint density at radius 1 is 1.24 bits per heavy atom. The Morgan fingerprint density at radius 2 is 1.88 bits per heavy atom. The highest BCUT2D eigenvalue weighted by molar-refractivity contribution is 7.99. The molecule has 1 aromatic rings. The fourth-order valence-electron chi connectivity index (χ4n) is 1.77. The van der Waals surface area contributed by atoms with Crippen LogP contribution in [0.25, 0.3) is 0 Å². The molecule has 0 bridgehead atoms. The Balaban J connectivity index is 2.33. The lowest BCUT2D eigenvalue weighted by Gasteiger charge is -2.18. The monoisotopic (exact) mass is 255 g/mol. The number of rotatable bonds is 7. The number of benzene rings is 1. The zero-order valence-corrected chi connectivity index (χ0v) is 11.7. The van der Waals surface area contributed by atoms with Crippen molar-refractivity contribution >= 4 is 11.8 Å². The second-order valence-electron chi connectivity index (χ2n) is 4.47. The van der Waals surface area contributed by atoms with Crippen LogP contribution in [0.3, 0.4) is 0 Å². The summed E-state index contributed by atoms with van der Waals surface area (Å²) in [7, 11) is 0. The summed E-state index contributed by atoms with van der Waals surface area (Å²) in [5.41, 5.74) is 0. The fraction of sp³-hybridized carbons (Fsp3) is 0.571. The highest BCUT2D eigenvalue weighted by Crippen LogP contribution is 2.25. The van der Waals surface area contributed by atoms with Crippen molar-refractivity contribution in [2.45, 2.75) is 49.8 Å². The predicted octanol–water partition coefficient (Wildman–Crippen LogP) is 4.08. The lowest BCUT2D eigenvalue weighted by atomic mass is 10.2. The van der Waals surface area contributed by atoms with E-state index in [0.29, 0.717) is 11.3 Å². The third kappa shape index (κ3) is 6.08. The molecule has 3 heteroatoms. The smallest absolute Gasteiger partial charge is 0.123 e. The highest BCUT2D eigenvalue weighted by atomic mass is 32.2. The summed E-state index contributed by atoms with van der Waals surface area (Å²) in [5, 5.41) is 4.03. The molecule has 0 aliphatic rings. The average Bonchev–Trinajstić information content (AvgIpc) is 2.29. The maximum absolute atomic E-state index is 12.8. The summed E-state index contributed by atoms with van der Waals surface area (Å²) in [6, 6.07) is 7.28. The minimum atomic E-state index is -0.167. The lowest BCUT2D eigenvalue weighted by molar-refractivity contribution is 0.513. The molecule has 0 radical (unpaired) electrons. The van der Waals surface area contributed by atoms with E-state index in [1.54, 1.807) is 0 Å². The van der Waals surface area contributed by atoms with Crippen LogP contribution in [0.4, 0.5) is 4.39 Å². The Morgan fingerprint density at radius 3 is 2.47 bits per heavy atom. The Labute approximate surface area is 108 Å². The van der Waals surface area contributed by atoms with E-state index >= 15 is 0 Å². The van der Waals surface area contributed by atoms with Gasteiger partial charge >= 0.3 is 0 Å². The van der Waals surface area contributed by atoms with Crippen molar-refractivity contribution in [3.05, 3.63) is 30.1 Å². The van der Waals surface area contributed by atoms with Crippen LogP contribution in [0.15, 0.2) is 29.2 Å². The molecule has 0 heterocycles. The van der Waals surface area contributed by atoms with Crippen LogP contribution < -0.4 is 5.32 Å². The van der Waals surface area contributed by atoms with Crippen LogP contribution in [-0.4, -0.2) is 17.8 Å². The minimum Gasteiger partial charge on any atom is -0.314 e. The highest BCUT2D eigenvalue weighted by Gasteiger charge is 2.09. The first-order chi connectivity index (χ1) is 8.11. The maximum Gasteiger partial charge on any atom is 0.123 e. The number of thioether (sulfide) groups is 1. The Bertz CT molecular complexity index is 313. The first-order valence-corrected chi connectivity index (χ1v) is 7.15. The van der Waals surface area contributed by atoms with E-state index in [1.165, 1.54) is 18.6 Å². The molecule has 2 unspecified atom stereocenters.